The van der Waals surface area contributed by atoms with Gasteiger partial charge in [-0.25, -0.2) is 13.8 Å². The van der Waals surface area contributed by atoms with E-state index in [0.29, 0.717) is 22.7 Å². The molecular weight excluding hydrogens is 391 g/mol. The zero-order valence-corrected chi connectivity index (χ0v) is 16.0. The first-order valence-corrected chi connectivity index (χ1v) is 7.30. The van der Waals surface area contributed by atoms with Crippen LogP contribution < -0.4 is 5.73 Å². The Kier molecular flexibility index (Phi) is 9.76. The van der Waals surface area contributed by atoms with Crippen molar-refractivity contribution in [3.05, 3.63) is 57.7 Å². The molecule has 2 rings (SSSR count). The van der Waals surface area contributed by atoms with E-state index >= 15 is 0 Å². The Morgan fingerprint density at radius 3 is 2.40 bits per heavy atom. The highest BCUT2D eigenvalue weighted by Crippen LogP contribution is 2.16. The van der Waals surface area contributed by atoms with Crippen LogP contribution in [0.15, 0.2) is 24.3 Å². The Balaban J connectivity index is 0.00000288. The van der Waals surface area contributed by atoms with Crippen LogP contribution in [-0.2, 0) is 6.42 Å². The molecule has 0 aliphatic rings. The summed E-state index contributed by atoms with van der Waals surface area (Å²) in [5.41, 5.74) is 6.54. The summed E-state index contributed by atoms with van der Waals surface area (Å²) in [5.74, 6) is 3.59. The van der Waals surface area contributed by atoms with Crippen molar-refractivity contribution in [1.29, 1.82) is 0 Å². The van der Waals surface area contributed by atoms with Crippen molar-refractivity contribution in [2.45, 2.75) is 6.42 Å². The van der Waals surface area contributed by atoms with E-state index in [0.717, 1.165) is 6.54 Å². The van der Waals surface area contributed by atoms with E-state index in [-0.39, 0.29) is 36.2 Å². The molecule has 0 unspecified atom stereocenters. The highest BCUT2D eigenvalue weighted by molar-refractivity contribution is 6.30. The van der Waals surface area contributed by atoms with Gasteiger partial charge in [0, 0.05) is 11.6 Å². The number of anilines is 1. The molecule has 1 aromatic carbocycles. The van der Waals surface area contributed by atoms with Gasteiger partial charge in [-0.15, -0.1) is 24.8 Å². The van der Waals surface area contributed by atoms with Gasteiger partial charge in [0.15, 0.2) is 11.6 Å². The second-order valence-corrected chi connectivity index (χ2v) is 5.77. The highest BCUT2D eigenvalue weighted by atomic mass is 35.5. The van der Waals surface area contributed by atoms with Gasteiger partial charge in [-0.05, 0) is 56.3 Å². The molecule has 1 aromatic heterocycles. The van der Waals surface area contributed by atoms with Crippen molar-refractivity contribution >= 4 is 42.2 Å². The van der Waals surface area contributed by atoms with Crippen LogP contribution >= 0.6 is 36.4 Å². The van der Waals surface area contributed by atoms with E-state index in [1.54, 1.807) is 6.07 Å². The van der Waals surface area contributed by atoms with E-state index in [9.17, 15) is 8.78 Å². The summed E-state index contributed by atoms with van der Waals surface area (Å²) < 4.78 is 27.6. The second-order valence-electron chi connectivity index (χ2n) is 5.34. The first kappa shape index (κ1) is 23.4. The van der Waals surface area contributed by atoms with Gasteiger partial charge in [0.1, 0.15) is 11.5 Å². The number of nitrogens with zero attached hydrogens (tertiary/aromatic N) is 2. The predicted octanol–water partition coefficient (Wildman–Crippen LogP) is 3.94. The van der Waals surface area contributed by atoms with E-state index < -0.39 is 11.6 Å². The maximum Gasteiger partial charge on any atom is 0.174 e. The van der Waals surface area contributed by atoms with Crippen LogP contribution in [0.25, 0.3) is 0 Å². The minimum absolute atomic E-state index is 0. The number of nitrogens with two attached hydrogens (primary N) is 1. The Hall–Kier alpha value is -1.58. The normalized spacial score (nSPS) is 9.68. The molecule has 0 atom stereocenters. The molecule has 8 heteroatoms. The molecule has 136 valence electrons. The summed E-state index contributed by atoms with van der Waals surface area (Å²) in [6.45, 7) is 0.727. The molecule has 2 aromatic rings. The molecule has 2 N–H and O–H groups in total. The van der Waals surface area contributed by atoms with Gasteiger partial charge in [-0.2, -0.15) is 0 Å². The highest BCUT2D eigenvalue weighted by Gasteiger charge is 2.09. The number of likely N-dealkylation sites (N-methyl/N-ethyl adjacent to an activating group) is 1. The first-order chi connectivity index (χ1) is 10.8. The van der Waals surface area contributed by atoms with Crippen LogP contribution in [-0.4, -0.2) is 30.5 Å². The first-order valence-electron chi connectivity index (χ1n) is 6.93. The lowest BCUT2D eigenvalue weighted by Gasteiger charge is -2.10. The fourth-order valence-electron chi connectivity index (χ4n) is 1.95. The van der Waals surface area contributed by atoms with Gasteiger partial charge >= 0.3 is 0 Å². The third-order valence-electron chi connectivity index (χ3n) is 3.07. The number of hydrogen-bond acceptors (Lipinski definition) is 3. The largest absolute Gasteiger partial charge is 0.384 e. The van der Waals surface area contributed by atoms with Crippen molar-refractivity contribution < 1.29 is 8.78 Å². The third-order valence-corrected chi connectivity index (χ3v) is 3.29. The minimum atomic E-state index is -0.971. The summed E-state index contributed by atoms with van der Waals surface area (Å²) in [5, 5.41) is 0.383. The third kappa shape index (κ3) is 7.05. The Labute approximate surface area is 163 Å². The van der Waals surface area contributed by atoms with Gasteiger partial charge in [0.2, 0.25) is 0 Å². The summed E-state index contributed by atoms with van der Waals surface area (Å²) >= 11 is 5.86. The average molecular weight is 409 g/mol. The van der Waals surface area contributed by atoms with Gasteiger partial charge < -0.3 is 10.6 Å². The van der Waals surface area contributed by atoms with Crippen LogP contribution in [0.2, 0.25) is 5.02 Å². The van der Waals surface area contributed by atoms with Gasteiger partial charge in [0.05, 0.1) is 5.56 Å². The minimum Gasteiger partial charge on any atom is -0.384 e. The molecule has 0 amide bonds. The topological polar surface area (TPSA) is 42.1 Å². The molecule has 0 saturated heterocycles. The van der Waals surface area contributed by atoms with E-state index in [1.165, 1.54) is 18.2 Å². The fourth-order valence-corrected chi connectivity index (χ4v) is 2.16. The molecule has 0 aliphatic carbocycles. The maximum atomic E-state index is 13.9. The Morgan fingerprint density at radius 2 is 1.80 bits per heavy atom. The summed E-state index contributed by atoms with van der Waals surface area (Å²) in [6, 6.07) is 5.73. The number of aromatic nitrogens is 1. The summed E-state index contributed by atoms with van der Waals surface area (Å²) in [4.78, 5) is 5.94. The van der Waals surface area contributed by atoms with Gasteiger partial charge in [-0.3, -0.25) is 0 Å². The lowest BCUT2D eigenvalue weighted by molar-refractivity contribution is 0.412. The molecule has 0 aliphatic heterocycles. The average Bonchev–Trinajstić information content (AvgIpc) is 2.46. The summed E-state index contributed by atoms with van der Waals surface area (Å²) in [7, 11) is 3.83. The molecule has 0 bridgehead atoms. The monoisotopic (exact) mass is 407 g/mol. The Morgan fingerprint density at radius 1 is 1.12 bits per heavy atom. The predicted molar refractivity (Wildman–Crippen MR) is 103 cm³/mol. The molecule has 0 saturated carbocycles. The van der Waals surface area contributed by atoms with Crippen molar-refractivity contribution in [2.24, 2.45) is 0 Å². The quantitative estimate of drug-likeness (QED) is 0.782. The molecular formula is C17H18Cl3F2N3. The molecule has 0 fully saturated rings. The number of pyridine rings is 1. The van der Waals surface area contributed by atoms with Crippen LogP contribution in [0, 0.1) is 23.5 Å². The molecule has 25 heavy (non-hydrogen) atoms. The standard InChI is InChI=1S/C17H16ClF2N3.2ClH/c1-23(2)6-5-11-7-12(17(20)15(19)8-11)3-4-14-9-13(18)10-16(21)22-14;;/h7-10H,5-6H2,1-2H3,(H2,21,22);2*1H. The maximum absolute atomic E-state index is 13.9. The zero-order valence-electron chi connectivity index (χ0n) is 13.6. The van der Waals surface area contributed by atoms with E-state index in [1.807, 2.05) is 19.0 Å². The fraction of sp³-hybridized carbons (Fsp3) is 0.235. The number of benzene rings is 1. The van der Waals surface area contributed by atoms with Crippen molar-refractivity contribution in [1.82, 2.24) is 9.88 Å². The SMILES string of the molecule is CN(C)CCc1cc(F)c(F)c(C#Cc2cc(Cl)cc(N)n2)c1.Cl.Cl. The van der Waals surface area contributed by atoms with Crippen LogP contribution in [0.3, 0.4) is 0 Å². The van der Waals surface area contributed by atoms with E-state index in [4.69, 9.17) is 17.3 Å². The van der Waals surface area contributed by atoms with Crippen LogP contribution in [0.5, 0.6) is 0 Å². The van der Waals surface area contributed by atoms with Gasteiger partial charge in [-0.1, -0.05) is 17.5 Å². The van der Waals surface area contributed by atoms with Crippen LogP contribution in [0.1, 0.15) is 16.8 Å². The number of hydrogen-bond donors (Lipinski definition) is 1. The smallest absolute Gasteiger partial charge is 0.174 e. The Bertz CT molecular complexity index is 766. The van der Waals surface area contributed by atoms with Gasteiger partial charge in [0.25, 0.3) is 0 Å². The van der Waals surface area contributed by atoms with E-state index in [2.05, 4.69) is 16.8 Å². The van der Waals surface area contributed by atoms with Crippen molar-refractivity contribution in [2.75, 3.05) is 26.4 Å². The number of halogens is 5. The lowest BCUT2D eigenvalue weighted by atomic mass is 10.1. The number of nitrogen functional groups attached to an aromatic ring is 1. The molecule has 1 heterocycles. The summed E-state index contributed by atoms with van der Waals surface area (Å²) in [6.07, 6.45) is 0.598. The molecule has 3 nitrogen and oxygen atoms in total. The van der Waals surface area contributed by atoms with Crippen molar-refractivity contribution in [3.8, 4) is 11.8 Å². The second kappa shape index (κ2) is 10.4. The number of rotatable bonds is 3. The molecule has 0 spiro atoms. The van der Waals surface area contributed by atoms with Crippen LogP contribution in [0.4, 0.5) is 14.6 Å². The zero-order chi connectivity index (χ0) is 17.0. The lowest BCUT2D eigenvalue weighted by Crippen LogP contribution is -2.15. The molecule has 0 radical (unpaired) electrons. The van der Waals surface area contributed by atoms with Crippen molar-refractivity contribution in [3.63, 3.8) is 0 Å².